The van der Waals surface area contributed by atoms with Crippen molar-refractivity contribution in [2.75, 3.05) is 11.9 Å². The first-order valence-corrected chi connectivity index (χ1v) is 6.24. The largest absolute Gasteiger partial charge is 0.343 e. The summed E-state index contributed by atoms with van der Waals surface area (Å²) >= 11 is 0. The maximum absolute atomic E-state index is 13.3. The molecule has 2 amide bonds. The first-order chi connectivity index (χ1) is 10.5. The Kier molecular flexibility index (Phi) is 4.77. The molecular weight excluding hydrogens is 297 g/mol. The smallest absolute Gasteiger partial charge is 0.251 e. The van der Waals surface area contributed by atoms with Gasteiger partial charge in [-0.2, -0.15) is 0 Å². The van der Waals surface area contributed by atoms with Crippen LogP contribution in [0.15, 0.2) is 42.5 Å². The first-order valence-electron chi connectivity index (χ1n) is 6.24. The van der Waals surface area contributed by atoms with Crippen LogP contribution in [-0.2, 0) is 4.79 Å². The van der Waals surface area contributed by atoms with Crippen molar-refractivity contribution in [1.29, 1.82) is 0 Å². The van der Waals surface area contributed by atoms with E-state index in [0.29, 0.717) is 6.07 Å². The highest BCUT2D eigenvalue weighted by Gasteiger charge is 2.11. The van der Waals surface area contributed by atoms with Crippen molar-refractivity contribution < 1.29 is 22.8 Å². The van der Waals surface area contributed by atoms with E-state index in [-0.39, 0.29) is 11.3 Å². The second-order valence-electron chi connectivity index (χ2n) is 4.37. The summed E-state index contributed by atoms with van der Waals surface area (Å²) < 4.78 is 39.0. The molecule has 0 unspecified atom stereocenters. The van der Waals surface area contributed by atoms with Gasteiger partial charge in [-0.15, -0.1) is 0 Å². The van der Waals surface area contributed by atoms with Crippen LogP contribution in [0.2, 0.25) is 0 Å². The van der Waals surface area contributed by atoms with Crippen molar-refractivity contribution in [1.82, 2.24) is 5.32 Å². The summed E-state index contributed by atoms with van der Waals surface area (Å²) in [5, 5.41) is 4.45. The van der Waals surface area contributed by atoms with Crippen molar-refractivity contribution in [2.45, 2.75) is 0 Å². The molecule has 114 valence electrons. The number of rotatable bonds is 4. The third-order valence-corrected chi connectivity index (χ3v) is 2.70. The van der Waals surface area contributed by atoms with Crippen LogP contribution >= 0.6 is 0 Å². The van der Waals surface area contributed by atoms with Crippen molar-refractivity contribution in [2.24, 2.45) is 0 Å². The Bertz CT molecular complexity index is 720. The van der Waals surface area contributed by atoms with Gasteiger partial charge in [0.05, 0.1) is 12.2 Å². The van der Waals surface area contributed by atoms with Crippen LogP contribution in [0.5, 0.6) is 0 Å². The summed E-state index contributed by atoms with van der Waals surface area (Å²) in [7, 11) is 0. The minimum absolute atomic E-state index is 0.0563. The lowest BCUT2D eigenvalue weighted by Gasteiger charge is -2.08. The van der Waals surface area contributed by atoms with E-state index in [1.54, 1.807) is 0 Å². The topological polar surface area (TPSA) is 58.2 Å². The molecule has 0 atom stereocenters. The molecule has 22 heavy (non-hydrogen) atoms. The predicted octanol–water partition coefficient (Wildman–Crippen LogP) is 2.47. The molecule has 0 heterocycles. The number of halogens is 3. The number of nitrogens with one attached hydrogen (secondary N) is 2. The Labute approximate surface area is 124 Å². The van der Waals surface area contributed by atoms with Gasteiger partial charge >= 0.3 is 0 Å². The summed E-state index contributed by atoms with van der Waals surface area (Å²) in [6.45, 7) is -0.438. The Morgan fingerprint density at radius 3 is 2.36 bits per heavy atom. The Hall–Kier alpha value is -2.83. The summed E-state index contributed by atoms with van der Waals surface area (Å²) in [6, 6.07) is 7.63. The van der Waals surface area contributed by atoms with Gasteiger partial charge in [0.25, 0.3) is 5.91 Å². The van der Waals surface area contributed by atoms with Gasteiger partial charge in [0, 0.05) is 11.6 Å². The summed E-state index contributed by atoms with van der Waals surface area (Å²) in [4.78, 5) is 23.3. The molecule has 0 aromatic heterocycles. The number of amides is 2. The van der Waals surface area contributed by atoms with E-state index < -0.39 is 35.8 Å². The van der Waals surface area contributed by atoms with Crippen molar-refractivity contribution in [3.05, 3.63) is 65.5 Å². The quantitative estimate of drug-likeness (QED) is 0.911. The fourth-order valence-corrected chi connectivity index (χ4v) is 1.68. The van der Waals surface area contributed by atoms with E-state index in [1.165, 1.54) is 18.2 Å². The number of carbonyl (C=O) groups excluding carboxylic acids is 2. The molecule has 4 nitrogen and oxygen atoms in total. The second kappa shape index (κ2) is 6.75. The standard InChI is InChI=1S/C15H11F3N2O2/c16-10-3-1-2-9(6-10)15(22)19-8-14(21)20-13-5-4-11(17)7-12(13)18/h1-7H,8H2,(H,19,22)(H,20,21). The highest BCUT2D eigenvalue weighted by Crippen LogP contribution is 2.14. The van der Waals surface area contributed by atoms with E-state index in [0.717, 1.165) is 18.2 Å². The molecule has 0 saturated carbocycles. The van der Waals surface area contributed by atoms with E-state index in [1.807, 2.05) is 0 Å². The van der Waals surface area contributed by atoms with Crippen LogP contribution < -0.4 is 10.6 Å². The number of carbonyl (C=O) groups is 2. The van der Waals surface area contributed by atoms with Gasteiger partial charge in [-0.3, -0.25) is 9.59 Å². The summed E-state index contributed by atoms with van der Waals surface area (Å²) in [5.41, 5.74) is -0.146. The van der Waals surface area contributed by atoms with Crippen molar-refractivity contribution in [3.63, 3.8) is 0 Å². The highest BCUT2D eigenvalue weighted by atomic mass is 19.1. The van der Waals surface area contributed by atoms with E-state index >= 15 is 0 Å². The van der Waals surface area contributed by atoms with Crippen LogP contribution in [0.3, 0.4) is 0 Å². The molecule has 0 saturated heterocycles. The highest BCUT2D eigenvalue weighted by molar-refractivity contribution is 5.99. The zero-order chi connectivity index (χ0) is 16.1. The van der Waals surface area contributed by atoms with Gasteiger partial charge in [0.15, 0.2) is 0 Å². The molecule has 7 heteroatoms. The first kappa shape index (κ1) is 15.6. The average molecular weight is 308 g/mol. The fraction of sp³-hybridized carbons (Fsp3) is 0.0667. The molecule has 0 fully saturated rings. The van der Waals surface area contributed by atoms with Crippen molar-refractivity contribution >= 4 is 17.5 Å². The van der Waals surface area contributed by atoms with Gasteiger partial charge in [0.1, 0.15) is 17.5 Å². The molecule has 2 aromatic carbocycles. The average Bonchev–Trinajstić information content (AvgIpc) is 2.47. The predicted molar refractivity (Wildman–Crippen MR) is 73.7 cm³/mol. The van der Waals surface area contributed by atoms with E-state index in [2.05, 4.69) is 10.6 Å². The molecule has 0 aliphatic rings. The van der Waals surface area contributed by atoms with Crippen LogP contribution in [-0.4, -0.2) is 18.4 Å². The van der Waals surface area contributed by atoms with Gasteiger partial charge in [-0.25, -0.2) is 13.2 Å². The third kappa shape index (κ3) is 4.08. The van der Waals surface area contributed by atoms with Crippen LogP contribution in [0, 0.1) is 17.5 Å². The lowest BCUT2D eigenvalue weighted by atomic mass is 10.2. The number of anilines is 1. The van der Waals surface area contributed by atoms with Gasteiger partial charge in [-0.1, -0.05) is 6.07 Å². The van der Waals surface area contributed by atoms with E-state index in [4.69, 9.17) is 0 Å². The minimum atomic E-state index is -0.926. The molecule has 2 rings (SSSR count). The number of hydrogen-bond acceptors (Lipinski definition) is 2. The molecule has 0 bridgehead atoms. The Balaban J connectivity index is 1.91. The molecule has 2 N–H and O–H groups in total. The minimum Gasteiger partial charge on any atom is -0.343 e. The van der Waals surface area contributed by atoms with Gasteiger partial charge in [-0.05, 0) is 30.3 Å². The molecule has 2 aromatic rings. The number of benzene rings is 2. The molecular formula is C15H11F3N2O2. The second-order valence-corrected chi connectivity index (χ2v) is 4.37. The normalized spacial score (nSPS) is 10.1. The maximum Gasteiger partial charge on any atom is 0.251 e. The Morgan fingerprint density at radius 2 is 1.68 bits per heavy atom. The summed E-state index contributed by atoms with van der Waals surface area (Å²) in [6.07, 6.45) is 0. The lowest BCUT2D eigenvalue weighted by molar-refractivity contribution is -0.115. The monoisotopic (exact) mass is 308 g/mol. The third-order valence-electron chi connectivity index (χ3n) is 2.70. The number of hydrogen-bond donors (Lipinski definition) is 2. The molecule has 0 aliphatic carbocycles. The van der Waals surface area contributed by atoms with Gasteiger partial charge < -0.3 is 10.6 Å². The summed E-state index contributed by atoms with van der Waals surface area (Å²) in [5.74, 6) is -3.62. The molecule has 0 aliphatic heterocycles. The zero-order valence-electron chi connectivity index (χ0n) is 11.2. The zero-order valence-corrected chi connectivity index (χ0v) is 11.2. The van der Waals surface area contributed by atoms with E-state index in [9.17, 15) is 22.8 Å². The lowest BCUT2D eigenvalue weighted by Crippen LogP contribution is -2.33. The van der Waals surface area contributed by atoms with Crippen molar-refractivity contribution in [3.8, 4) is 0 Å². The maximum atomic E-state index is 13.3. The van der Waals surface area contributed by atoms with Crippen LogP contribution in [0.4, 0.5) is 18.9 Å². The SMILES string of the molecule is O=C(CNC(=O)c1cccc(F)c1)Nc1ccc(F)cc1F. The Morgan fingerprint density at radius 1 is 0.955 bits per heavy atom. The molecule has 0 spiro atoms. The molecule has 0 radical (unpaired) electrons. The van der Waals surface area contributed by atoms with Gasteiger partial charge in [0.2, 0.25) is 5.91 Å². The van der Waals surface area contributed by atoms with Crippen LogP contribution in [0.1, 0.15) is 10.4 Å². The van der Waals surface area contributed by atoms with Crippen LogP contribution in [0.25, 0.3) is 0 Å². The fourth-order valence-electron chi connectivity index (χ4n) is 1.68.